The Morgan fingerprint density at radius 3 is 2.36 bits per heavy atom. The lowest BCUT2D eigenvalue weighted by Gasteiger charge is -2.41. The van der Waals surface area contributed by atoms with E-state index in [-0.39, 0.29) is 11.5 Å². The molecule has 1 fully saturated rings. The summed E-state index contributed by atoms with van der Waals surface area (Å²) in [5.74, 6) is 0. The fourth-order valence-corrected chi connectivity index (χ4v) is 2.21. The van der Waals surface area contributed by atoms with E-state index in [1.165, 1.54) is 0 Å². The lowest BCUT2D eigenvalue weighted by molar-refractivity contribution is 0.102. The van der Waals surface area contributed by atoms with Crippen LogP contribution in [0.4, 0.5) is 4.79 Å². The molecule has 1 aliphatic carbocycles. The van der Waals surface area contributed by atoms with Crippen molar-refractivity contribution in [2.45, 2.75) is 51.7 Å². The number of rotatable bonds is 1. The van der Waals surface area contributed by atoms with Gasteiger partial charge in [0.15, 0.2) is 0 Å². The Kier molecular flexibility index (Phi) is 2.76. The number of hydrogen-bond donors (Lipinski definition) is 3. The van der Waals surface area contributed by atoms with E-state index in [1.54, 1.807) is 0 Å². The first-order chi connectivity index (χ1) is 6.27. The number of hydrogen-bond acceptors (Lipinski definition) is 2. The van der Waals surface area contributed by atoms with Crippen LogP contribution in [0.2, 0.25) is 0 Å². The van der Waals surface area contributed by atoms with Crippen LogP contribution in [-0.2, 0) is 0 Å². The molecule has 0 heterocycles. The fourth-order valence-electron chi connectivity index (χ4n) is 2.21. The summed E-state index contributed by atoms with van der Waals surface area (Å²) < 4.78 is 0. The zero-order chi connectivity index (χ0) is 11.0. The van der Waals surface area contributed by atoms with Gasteiger partial charge in [-0.15, -0.1) is 0 Å². The summed E-state index contributed by atoms with van der Waals surface area (Å²) in [5, 5.41) is 20.9. The summed E-state index contributed by atoms with van der Waals surface area (Å²) in [4.78, 5) is 10.7. The number of nitrogens with one attached hydrogen (secondary N) is 1. The molecule has 0 aliphatic heterocycles. The molecule has 0 spiro atoms. The summed E-state index contributed by atoms with van der Waals surface area (Å²) >= 11 is 0. The van der Waals surface area contributed by atoms with Crippen molar-refractivity contribution in [3.05, 3.63) is 0 Å². The van der Waals surface area contributed by atoms with Gasteiger partial charge < -0.3 is 15.5 Å². The highest BCUT2D eigenvalue weighted by atomic mass is 16.4. The molecule has 1 rings (SSSR count). The maximum Gasteiger partial charge on any atom is 0.405 e. The van der Waals surface area contributed by atoms with Gasteiger partial charge in [0.1, 0.15) is 0 Å². The van der Waals surface area contributed by atoms with Crippen molar-refractivity contribution >= 4 is 6.09 Å². The third kappa shape index (κ3) is 2.00. The van der Waals surface area contributed by atoms with Crippen LogP contribution in [0.5, 0.6) is 0 Å². The van der Waals surface area contributed by atoms with Crippen LogP contribution in [0.1, 0.15) is 40.0 Å². The first kappa shape index (κ1) is 11.3. The molecule has 0 radical (unpaired) electrons. The maximum atomic E-state index is 10.7. The number of aliphatic hydroxyl groups is 1. The molecule has 0 saturated heterocycles. The summed E-state index contributed by atoms with van der Waals surface area (Å²) in [6.07, 6.45) is 0.528. The molecule has 1 saturated carbocycles. The predicted molar refractivity (Wildman–Crippen MR) is 53.2 cm³/mol. The Hall–Kier alpha value is -0.770. The molecule has 1 aliphatic rings. The van der Waals surface area contributed by atoms with E-state index in [1.807, 2.05) is 20.8 Å². The van der Waals surface area contributed by atoms with E-state index >= 15 is 0 Å². The second kappa shape index (κ2) is 3.42. The molecular weight excluding hydrogens is 182 g/mol. The van der Waals surface area contributed by atoms with Crippen molar-refractivity contribution < 1.29 is 15.0 Å². The van der Waals surface area contributed by atoms with Gasteiger partial charge in [-0.05, 0) is 24.7 Å². The molecule has 3 N–H and O–H groups in total. The quantitative estimate of drug-likeness (QED) is 0.603. The third-order valence-electron chi connectivity index (χ3n) is 3.27. The minimum absolute atomic E-state index is 0.164. The summed E-state index contributed by atoms with van der Waals surface area (Å²) in [7, 11) is 0. The molecule has 0 aromatic rings. The Labute approximate surface area is 84.3 Å². The Balaban J connectivity index is 2.86. The molecule has 2 atom stereocenters. The minimum Gasteiger partial charge on any atom is -0.465 e. The van der Waals surface area contributed by atoms with Crippen LogP contribution in [-0.4, -0.2) is 27.9 Å². The van der Waals surface area contributed by atoms with Gasteiger partial charge in [-0.25, -0.2) is 4.79 Å². The lowest BCUT2D eigenvalue weighted by Crippen LogP contribution is -2.55. The van der Waals surface area contributed by atoms with Gasteiger partial charge in [0.2, 0.25) is 0 Å². The maximum absolute atomic E-state index is 10.7. The van der Waals surface area contributed by atoms with Crippen LogP contribution in [0, 0.1) is 5.41 Å². The molecule has 4 nitrogen and oxygen atoms in total. The molecule has 14 heavy (non-hydrogen) atoms. The van der Waals surface area contributed by atoms with E-state index < -0.39 is 11.6 Å². The second-order valence-corrected chi connectivity index (χ2v) is 5.16. The topological polar surface area (TPSA) is 69.6 Å². The zero-order valence-electron chi connectivity index (χ0n) is 9.00. The molecule has 0 aromatic carbocycles. The lowest BCUT2D eigenvalue weighted by atomic mass is 9.72. The molecule has 1 amide bonds. The largest absolute Gasteiger partial charge is 0.465 e. The summed E-state index contributed by atoms with van der Waals surface area (Å²) in [5.41, 5.74) is -0.638. The van der Waals surface area contributed by atoms with E-state index in [2.05, 4.69) is 5.32 Å². The normalized spacial score (nSPS) is 33.0. The van der Waals surface area contributed by atoms with Gasteiger partial charge in [0, 0.05) is 0 Å². The first-order valence-corrected chi connectivity index (χ1v) is 4.96. The zero-order valence-corrected chi connectivity index (χ0v) is 9.00. The average Bonchev–Trinajstić information content (AvgIpc) is 2.29. The number of carboxylic acid groups (broad SMARTS) is 1. The first-order valence-electron chi connectivity index (χ1n) is 4.96. The molecule has 82 valence electrons. The predicted octanol–water partition coefficient (Wildman–Crippen LogP) is 1.58. The number of amides is 1. The number of aliphatic hydroxyl groups excluding tert-OH is 1. The van der Waals surface area contributed by atoms with Gasteiger partial charge in [-0.2, -0.15) is 0 Å². The van der Waals surface area contributed by atoms with Gasteiger partial charge >= 0.3 is 6.09 Å². The monoisotopic (exact) mass is 201 g/mol. The molecule has 0 unspecified atom stereocenters. The summed E-state index contributed by atoms with van der Waals surface area (Å²) in [6, 6.07) is 0. The highest BCUT2D eigenvalue weighted by Gasteiger charge is 2.48. The Morgan fingerprint density at radius 1 is 1.50 bits per heavy atom. The van der Waals surface area contributed by atoms with E-state index in [0.29, 0.717) is 19.3 Å². The molecule has 0 aromatic heterocycles. The van der Waals surface area contributed by atoms with Crippen molar-refractivity contribution in [3.8, 4) is 0 Å². The highest BCUT2D eigenvalue weighted by Crippen LogP contribution is 2.43. The SMILES string of the molecule is CC(C)(C)[C@@]1(NC(=O)O)CC[C@H](O)C1. The fraction of sp³-hybridized carbons (Fsp3) is 0.900. The molecule has 0 bridgehead atoms. The van der Waals surface area contributed by atoms with E-state index in [9.17, 15) is 9.90 Å². The molecule has 4 heteroatoms. The van der Waals surface area contributed by atoms with Crippen LogP contribution in [0.15, 0.2) is 0 Å². The Morgan fingerprint density at radius 2 is 2.07 bits per heavy atom. The minimum atomic E-state index is -1.01. The van der Waals surface area contributed by atoms with Crippen LogP contribution in [0.3, 0.4) is 0 Å². The van der Waals surface area contributed by atoms with Crippen LogP contribution >= 0.6 is 0 Å². The second-order valence-electron chi connectivity index (χ2n) is 5.16. The van der Waals surface area contributed by atoms with Crippen molar-refractivity contribution in [1.29, 1.82) is 0 Å². The van der Waals surface area contributed by atoms with Gasteiger partial charge in [-0.3, -0.25) is 0 Å². The van der Waals surface area contributed by atoms with Crippen molar-refractivity contribution in [2.24, 2.45) is 5.41 Å². The van der Waals surface area contributed by atoms with Gasteiger partial charge in [0.05, 0.1) is 11.6 Å². The summed E-state index contributed by atoms with van der Waals surface area (Å²) in [6.45, 7) is 6.00. The van der Waals surface area contributed by atoms with Gasteiger partial charge in [-0.1, -0.05) is 20.8 Å². The van der Waals surface area contributed by atoms with E-state index in [0.717, 1.165) is 0 Å². The van der Waals surface area contributed by atoms with Crippen LogP contribution in [0.25, 0.3) is 0 Å². The average molecular weight is 201 g/mol. The van der Waals surface area contributed by atoms with Crippen molar-refractivity contribution in [1.82, 2.24) is 5.32 Å². The standard InChI is InChI=1S/C10H19NO3/c1-9(2,3)10(11-8(13)14)5-4-7(12)6-10/h7,11-12H,4-6H2,1-3H3,(H,13,14)/t7-,10+/m0/s1. The highest BCUT2D eigenvalue weighted by molar-refractivity contribution is 5.66. The molecular formula is C10H19NO3. The van der Waals surface area contributed by atoms with Crippen molar-refractivity contribution in [3.63, 3.8) is 0 Å². The van der Waals surface area contributed by atoms with Crippen LogP contribution < -0.4 is 5.32 Å². The van der Waals surface area contributed by atoms with Gasteiger partial charge in [0.25, 0.3) is 0 Å². The van der Waals surface area contributed by atoms with E-state index in [4.69, 9.17) is 5.11 Å². The van der Waals surface area contributed by atoms with Crippen molar-refractivity contribution in [2.75, 3.05) is 0 Å². The number of carbonyl (C=O) groups is 1. The third-order valence-corrected chi connectivity index (χ3v) is 3.27. The smallest absolute Gasteiger partial charge is 0.405 e. The Bertz CT molecular complexity index is 234.